The van der Waals surface area contributed by atoms with Gasteiger partial charge in [0.1, 0.15) is 0 Å². The van der Waals surface area contributed by atoms with Crippen molar-refractivity contribution in [2.75, 3.05) is 20.0 Å². The lowest BCUT2D eigenvalue weighted by Gasteiger charge is -2.13. The van der Waals surface area contributed by atoms with Crippen molar-refractivity contribution in [3.05, 3.63) is 0 Å². The molecule has 0 bridgehead atoms. The summed E-state index contributed by atoms with van der Waals surface area (Å²) >= 11 is 0. The van der Waals surface area contributed by atoms with Crippen LogP contribution in [0, 0.1) is 5.92 Å². The van der Waals surface area contributed by atoms with E-state index in [-0.39, 0.29) is 19.4 Å². The van der Waals surface area contributed by atoms with Crippen molar-refractivity contribution in [2.45, 2.75) is 12.8 Å². The highest BCUT2D eigenvalue weighted by atomic mass is 31.2. The molecule has 0 rings (SSSR count). The van der Waals surface area contributed by atoms with Crippen LogP contribution in [-0.2, 0) is 9.09 Å². The molecule has 0 amide bonds. The van der Waals surface area contributed by atoms with Crippen LogP contribution in [-0.4, -0.2) is 29.7 Å². The van der Waals surface area contributed by atoms with Crippen LogP contribution in [0.5, 0.6) is 0 Å². The van der Waals surface area contributed by atoms with Crippen LogP contribution in [0.3, 0.4) is 0 Å². The summed E-state index contributed by atoms with van der Waals surface area (Å²) in [6, 6.07) is 0. The number of phosphoric ester groups is 1. The Balaban J connectivity index is 3.74. The van der Waals surface area contributed by atoms with E-state index in [2.05, 4.69) is 4.52 Å². The molecule has 0 atom stereocenters. The molecule has 0 aromatic rings. The molecule has 0 aliphatic carbocycles. The molecule has 0 fully saturated rings. The summed E-state index contributed by atoms with van der Waals surface area (Å²) in [5.74, 6) is -0.470. The first-order chi connectivity index (χ1) is 5.99. The first-order valence-corrected chi connectivity index (χ1v) is 5.34. The zero-order chi connectivity index (χ0) is 10.3. The van der Waals surface area contributed by atoms with Gasteiger partial charge in [-0.15, -0.1) is 0 Å². The van der Waals surface area contributed by atoms with Gasteiger partial charge in [0.2, 0.25) is 0 Å². The fraction of sp³-hybridized carbons (Fsp3) is 1.00. The fourth-order valence-corrected chi connectivity index (χ4v) is 1.23. The maximum absolute atomic E-state index is 11.8. The first-order valence-electron chi connectivity index (χ1n) is 3.81. The number of phosphoric acid groups is 1. The highest BCUT2D eigenvalue weighted by Crippen LogP contribution is 2.36. The summed E-state index contributed by atoms with van der Waals surface area (Å²) in [6.07, 6.45) is 0.119. The third-order valence-electron chi connectivity index (χ3n) is 1.51. The summed E-state index contributed by atoms with van der Waals surface area (Å²) in [6.45, 7) is -1.59. The third-order valence-corrected chi connectivity index (χ3v) is 2.00. The van der Waals surface area contributed by atoms with Crippen molar-refractivity contribution >= 4 is 7.82 Å². The monoisotopic (exact) mass is 218 g/mol. The van der Waals surface area contributed by atoms with Gasteiger partial charge < -0.3 is 9.79 Å². The number of alkyl halides is 2. The molecule has 0 heterocycles. The van der Waals surface area contributed by atoms with Crippen molar-refractivity contribution in [1.29, 1.82) is 0 Å². The molecule has 13 heavy (non-hydrogen) atoms. The van der Waals surface area contributed by atoms with Crippen LogP contribution >= 0.6 is 7.82 Å². The lowest BCUT2D eigenvalue weighted by Crippen LogP contribution is -2.10. The molecule has 2 N–H and O–H groups in total. The van der Waals surface area contributed by atoms with E-state index >= 15 is 0 Å². The number of halogens is 2. The second kappa shape index (κ2) is 6.43. The highest BCUT2D eigenvalue weighted by molar-refractivity contribution is 7.46. The summed E-state index contributed by atoms with van der Waals surface area (Å²) in [5, 5.41) is 0. The van der Waals surface area contributed by atoms with Crippen molar-refractivity contribution in [3.63, 3.8) is 0 Å². The van der Waals surface area contributed by atoms with E-state index < -0.39 is 27.1 Å². The minimum absolute atomic E-state index is 0.0594. The second-order valence-electron chi connectivity index (χ2n) is 2.61. The minimum Gasteiger partial charge on any atom is -0.303 e. The van der Waals surface area contributed by atoms with E-state index in [1.165, 1.54) is 0 Å². The number of rotatable bonds is 7. The summed E-state index contributed by atoms with van der Waals surface area (Å²) in [5.41, 5.74) is 0. The Morgan fingerprint density at radius 1 is 1.23 bits per heavy atom. The van der Waals surface area contributed by atoms with E-state index in [9.17, 15) is 13.3 Å². The van der Waals surface area contributed by atoms with E-state index in [4.69, 9.17) is 9.79 Å². The maximum atomic E-state index is 11.8. The Hall–Kier alpha value is -0.0300. The average molecular weight is 218 g/mol. The van der Waals surface area contributed by atoms with Crippen molar-refractivity contribution in [2.24, 2.45) is 5.92 Å². The zero-order valence-corrected chi connectivity index (χ0v) is 7.92. The standard InChI is InChI=1S/C6H13F2O4P/c7-3-1-6(2-4-8)5-12-13(9,10)11/h6H,1-5H2,(H2,9,10,11). The summed E-state index contributed by atoms with van der Waals surface area (Å²) in [4.78, 5) is 16.6. The van der Waals surface area contributed by atoms with Gasteiger partial charge in [-0.25, -0.2) is 4.57 Å². The summed E-state index contributed by atoms with van der Waals surface area (Å²) < 4.78 is 38.0. The molecular formula is C6H13F2O4P. The summed E-state index contributed by atoms with van der Waals surface area (Å²) in [7, 11) is -4.51. The molecule has 0 aromatic heterocycles. The molecule has 7 heteroatoms. The molecular weight excluding hydrogens is 205 g/mol. The number of hydrogen-bond donors (Lipinski definition) is 2. The molecule has 0 aromatic carbocycles. The lowest BCUT2D eigenvalue weighted by atomic mass is 10.0. The van der Waals surface area contributed by atoms with E-state index in [0.717, 1.165) is 0 Å². The van der Waals surface area contributed by atoms with Crippen molar-refractivity contribution in [3.8, 4) is 0 Å². The van der Waals surface area contributed by atoms with Crippen LogP contribution in [0.15, 0.2) is 0 Å². The molecule has 0 saturated carbocycles. The Morgan fingerprint density at radius 2 is 1.69 bits per heavy atom. The topological polar surface area (TPSA) is 66.8 Å². The second-order valence-corrected chi connectivity index (χ2v) is 3.85. The van der Waals surface area contributed by atoms with Gasteiger partial charge in [0.05, 0.1) is 20.0 Å². The van der Waals surface area contributed by atoms with Crippen LogP contribution < -0.4 is 0 Å². The normalized spacial score (nSPS) is 12.4. The molecule has 0 aliphatic heterocycles. The predicted octanol–water partition coefficient (Wildman–Crippen LogP) is 1.43. The average Bonchev–Trinajstić information content (AvgIpc) is 2.00. The van der Waals surface area contributed by atoms with Crippen LogP contribution in [0.1, 0.15) is 12.8 Å². The highest BCUT2D eigenvalue weighted by Gasteiger charge is 2.17. The SMILES string of the molecule is O=P(O)(O)OCC(CCF)CCF. The largest absolute Gasteiger partial charge is 0.469 e. The predicted molar refractivity (Wildman–Crippen MR) is 42.7 cm³/mol. The van der Waals surface area contributed by atoms with Gasteiger partial charge >= 0.3 is 7.82 Å². The Bertz CT molecular complexity index is 166. The van der Waals surface area contributed by atoms with E-state index in [1.807, 2.05) is 0 Å². The quantitative estimate of drug-likeness (QED) is 0.634. The van der Waals surface area contributed by atoms with Gasteiger partial charge in [-0.05, 0) is 18.8 Å². The van der Waals surface area contributed by atoms with Crippen LogP contribution in [0.2, 0.25) is 0 Å². The maximum Gasteiger partial charge on any atom is 0.469 e. The molecule has 0 radical (unpaired) electrons. The smallest absolute Gasteiger partial charge is 0.303 e. The van der Waals surface area contributed by atoms with E-state index in [0.29, 0.717) is 0 Å². The van der Waals surface area contributed by atoms with Gasteiger partial charge in [0, 0.05) is 0 Å². The lowest BCUT2D eigenvalue weighted by molar-refractivity contribution is 0.151. The van der Waals surface area contributed by atoms with Crippen molar-refractivity contribution in [1.82, 2.24) is 0 Å². The van der Waals surface area contributed by atoms with Gasteiger partial charge in [-0.2, -0.15) is 0 Å². The molecule has 0 saturated heterocycles. The zero-order valence-electron chi connectivity index (χ0n) is 7.03. The van der Waals surface area contributed by atoms with Gasteiger partial charge in [0.15, 0.2) is 0 Å². The third kappa shape index (κ3) is 8.30. The Morgan fingerprint density at radius 3 is 2.00 bits per heavy atom. The van der Waals surface area contributed by atoms with Crippen molar-refractivity contribution < 1.29 is 27.7 Å². The first kappa shape index (κ1) is 13.0. The minimum atomic E-state index is -4.51. The molecule has 4 nitrogen and oxygen atoms in total. The Kier molecular flexibility index (Phi) is 6.41. The van der Waals surface area contributed by atoms with Gasteiger partial charge in [-0.1, -0.05) is 0 Å². The molecule has 0 unspecified atom stereocenters. The van der Waals surface area contributed by atoms with Gasteiger partial charge in [0.25, 0.3) is 0 Å². The fourth-order valence-electron chi connectivity index (χ4n) is 0.822. The molecule has 0 spiro atoms. The number of hydrogen-bond acceptors (Lipinski definition) is 2. The van der Waals surface area contributed by atoms with E-state index in [1.54, 1.807) is 0 Å². The van der Waals surface area contributed by atoms with Crippen LogP contribution in [0.25, 0.3) is 0 Å². The molecule has 0 aliphatic rings. The Labute approximate surface area is 75.1 Å². The van der Waals surface area contributed by atoms with Crippen LogP contribution in [0.4, 0.5) is 8.78 Å². The van der Waals surface area contributed by atoms with Gasteiger partial charge in [-0.3, -0.25) is 13.3 Å². The molecule has 80 valence electrons.